The number of esters is 1. The number of anilines is 2. The Morgan fingerprint density at radius 2 is 1.60 bits per heavy atom. The highest BCUT2D eigenvalue weighted by Gasteiger charge is 2.17. The SMILES string of the molecule is CCOC(=O)CCCCCOCc1ccccc1N(C)C(=O)c1ccc(NC(=O)c2ccccc2OCCCN)cc1. The van der Waals surface area contributed by atoms with E-state index in [1.807, 2.05) is 30.3 Å². The lowest BCUT2D eigenvalue weighted by Gasteiger charge is -2.21. The lowest BCUT2D eigenvalue weighted by atomic mass is 10.1. The van der Waals surface area contributed by atoms with Gasteiger partial charge in [-0.3, -0.25) is 14.4 Å². The number of unbranched alkanes of at least 4 members (excludes halogenated alkanes) is 2. The second-order valence-electron chi connectivity index (χ2n) is 9.68. The highest BCUT2D eigenvalue weighted by atomic mass is 16.5. The third-order valence-electron chi connectivity index (χ3n) is 6.52. The monoisotopic (exact) mass is 575 g/mol. The molecule has 9 nitrogen and oxygen atoms in total. The van der Waals surface area contributed by atoms with Crippen molar-refractivity contribution in [2.75, 3.05) is 43.6 Å². The average Bonchev–Trinajstić information content (AvgIpc) is 3.01. The van der Waals surface area contributed by atoms with Crippen molar-refractivity contribution in [2.24, 2.45) is 5.73 Å². The quantitative estimate of drug-likeness (QED) is 0.159. The first-order chi connectivity index (χ1) is 20.4. The minimum Gasteiger partial charge on any atom is -0.493 e. The van der Waals surface area contributed by atoms with Gasteiger partial charge in [-0.1, -0.05) is 36.8 Å². The van der Waals surface area contributed by atoms with Crippen LogP contribution in [0.3, 0.4) is 0 Å². The van der Waals surface area contributed by atoms with E-state index >= 15 is 0 Å². The summed E-state index contributed by atoms with van der Waals surface area (Å²) in [6, 6.07) is 21.4. The predicted molar refractivity (Wildman–Crippen MR) is 164 cm³/mol. The molecule has 0 aliphatic heterocycles. The third-order valence-corrected chi connectivity index (χ3v) is 6.52. The van der Waals surface area contributed by atoms with Crippen molar-refractivity contribution >= 4 is 29.2 Å². The number of para-hydroxylation sites is 2. The molecule has 42 heavy (non-hydrogen) atoms. The number of amides is 2. The van der Waals surface area contributed by atoms with Crippen LogP contribution in [0.5, 0.6) is 5.75 Å². The second kappa shape index (κ2) is 17.6. The molecule has 0 radical (unpaired) electrons. The highest BCUT2D eigenvalue weighted by Crippen LogP contribution is 2.24. The summed E-state index contributed by atoms with van der Waals surface area (Å²) < 4.78 is 16.5. The van der Waals surface area contributed by atoms with Gasteiger partial charge in [0.1, 0.15) is 5.75 Å². The van der Waals surface area contributed by atoms with Crippen molar-refractivity contribution in [3.8, 4) is 5.75 Å². The first kappa shape index (κ1) is 32.3. The molecule has 0 aromatic heterocycles. The van der Waals surface area contributed by atoms with Crippen LogP contribution in [-0.2, 0) is 20.9 Å². The number of nitrogens with two attached hydrogens (primary N) is 1. The van der Waals surface area contributed by atoms with E-state index in [-0.39, 0.29) is 17.8 Å². The van der Waals surface area contributed by atoms with Gasteiger partial charge in [-0.2, -0.15) is 0 Å². The molecular weight excluding hydrogens is 534 g/mol. The summed E-state index contributed by atoms with van der Waals surface area (Å²) in [4.78, 5) is 39.2. The molecule has 0 heterocycles. The van der Waals surface area contributed by atoms with Crippen LogP contribution in [0.2, 0.25) is 0 Å². The molecule has 3 aromatic rings. The van der Waals surface area contributed by atoms with Crippen molar-refractivity contribution in [3.63, 3.8) is 0 Å². The van der Waals surface area contributed by atoms with E-state index in [1.165, 1.54) is 0 Å². The van der Waals surface area contributed by atoms with Gasteiger partial charge in [-0.15, -0.1) is 0 Å². The smallest absolute Gasteiger partial charge is 0.305 e. The van der Waals surface area contributed by atoms with Crippen LogP contribution in [0, 0.1) is 0 Å². The zero-order chi connectivity index (χ0) is 30.2. The van der Waals surface area contributed by atoms with Gasteiger partial charge >= 0.3 is 5.97 Å². The Morgan fingerprint density at radius 3 is 2.36 bits per heavy atom. The number of benzene rings is 3. The maximum atomic E-state index is 13.3. The number of nitrogens with one attached hydrogen (secondary N) is 1. The molecule has 0 saturated carbocycles. The zero-order valence-electron chi connectivity index (χ0n) is 24.5. The standard InChI is InChI=1S/C33H41N3O6/c1-3-41-31(37)16-5-4-10-22-40-24-26-12-6-8-14-29(26)36(2)33(39)25-17-19-27(20-18-25)35-32(38)28-13-7-9-15-30(28)42-23-11-21-34/h6-9,12-15,17-20H,3-5,10-11,16,21-24,34H2,1-2H3,(H,35,38). The van der Waals surface area contributed by atoms with Gasteiger partial charge in [0.25, 0.3) is 11.8 Å². The minimum atomic E-state index is -0.303. The number of carbonyl (C=O) groups is 3. The number of rotatable bonds is 17. The molecule has 0 atom stereocenters. The minimum absolute atomic E-state index is 0.162. The Hall–Kier alpha value is -4.21. The van der Waals surface area contributed by atoms with Crippen LogP contribution in [0.4, 0.5) is 11.4 Å². The Kier molecular flexibility index (Phi) is 13.5. The molecule has 0 unspecified atom stereocenters. The fourth-order valence-electron chi connectivity index (χ4n) is 4.27. The van der Waals surface area contributed by atoms with Gasteiger partial charge in [0, 0.05) is 42.6 Å². The lowest BCUT2D eigenvalue weighted by molar-refractivity contribution is -0.143. The largest absolute Gasteiger partial charge is 0.493 e. The van der Waals surface area contributed by atoms with E-state index < -0.39 is 0 Å². The first-order valence-electron chi connectivity index (χ1n) is 14.4. The van der Waals surface area contributed by atoms with Crippen molar-refractivity contribution in [1.82, 2.24) is 0 Å². The van der Waals surface area contributed by atoms with E-state index in [4.69, 9.17) is 19.9 Å². The van der Waals surface area contributed by atoms with Crippen LogP contribution in [0.1, 0.15) is 65.3 Å². The second-order valence-corrected chi connectivity index (χ2v) is 9.68. The van der Waals surface area contributed by atoms with Crippen molar-refractivity contribution in [3.05, 3.63) is 89.5 Å². The Balaban J connectivity index is 1.54. The summed E-state index contributed by atoms with van der Waals surface area (Å²) in [7, 11) is 1.73. The molecule has 224 valence electrons. The fraction of sp³-hybridized carbons (Fsp3) is 0.364. The van der Waals surface area contributed by atoms with E-state index in [0.29, 0.717) is 68.4 Å². The van der Waals surface area contributed by atoms with Crippen LogP contribution in [0.15, 0.2) is 72.8 Å². The molecule has 2 amide bonds. The number of hydrogen-bond acceptors (Lipinski definition) is 7. The van der Waals surface area contributed by atoms with Crippen molar-refractivity contribution in [1.29, 1.82) is 0 Å². The zero-order valence-corrected chi connectivity index (χ0v) is 24.5. The lowest BCUT2D eigenvalue weighted by Crippen LogP contribution is -2.27. The summed E-state index contributed by atoms with van der Waals surface area (Å²) in [5, 5.41) is 2.87. The summed E-state index contributed by atoms with van der Waals surface area (Å²) in [5.74, 6) is -0.154. The molecule has 0 spiro atoms. The topological polar surface area (TPSA) is 120 Å². The van der Waals surface area contributed by atoms with E-state index in [9.17, 15) is 14.4 Å². The summed E-state index contributed by atoms with van der Waals surface area (Å²) >= 11 is 0. The molecule has 0 bridgehead atoms. The molecule has 3 rings (SSSR count). The van der Waals surface area contributed by atoms with Crippen LogP contribution in [-0.4, -0.2) is 51.2 Å². The summed E-state index contributed by atoms with van der Waals surface area (Å²) in [6.45, 7) is 4.08. The van der Waals surface area contributed by atoms with Gasteiger partial charge in [0.2, 0.25) is 0 Å². The molecule has 3 N–H and O–H groups in total. The van der Waals surface area contributed by atoms with Crippen LogP contribution in [0.25, 0.3) is 0 Å². The van der Waals surface area contributed by atoms with Crippen molar-refractivity contribution < 1.29 is 28.6 Å². The molecule has 0 fully saturated rings. The van der Waals surface area contributed by atoms with Gasteiger partial charge in [0.15, 0.2) is 0 Å². The maximum absolute atomic E-state index is 13.3. The molecule has 0 saturated heterocycles. The van der Waals surface area contributed by atoms with Gasteiger partial charge in [-0.25, -0.2) is 0 Å². The van der Waals surface area contributed by atoms with Gasteiger partial charge in [-0.05, 0) is 75.2 Å². The number of ether oxygens (including phenoxy) is 3. The molecular formula is C33H41N3O6. The maximum Gasteiger partial charge on any atom is 0.305 e. The molecule has 0 aliphatic carbocycles. The van der Waals surface area contributed by atoms with Gasteiger partial charge < -0.3 is 30.2 Å². The normalized spacial score (nSPS) is 10.6. The molecule has 0 aliphatic rings. The average molecular weight is 576 g/mol. The van der Waals surface area contributed by atoms with Gasteiger partial charge in [0.05, 0.1) is 25.4 Å². The van der Waals surface area contributed by atoms with Crippen LogP contribution >= 0.6 is 0 Å². The summed E-state index contributed by atoms with van der Waals surface area (Å²) in [6.07, 6.45) is 3.61. The Bertz CT molecular complexity index is 1290. The first-order valence-corrected chi connectivity index (χ1v) is 14.4. The molecule has 3 aromatic carbocycles. The number of nitrogens with zero attached hydrogens (tertiary/aromatic N) is 1. The summed E-state index contributed by atoms with van der Waals surface area (Å²) in [5.41, 5.74) is 8.66. The number of hydrogen-bond donors (Lipinski definition) is 2. The third kappa shape index (κ3) is 10.0. The van der Waals surface area contributed by atoms with Crippen molar-refractivity contribution in [2.45, 2.75) is 45.6 Å². The van der Waals surface area contributed by atoms with E-state index in [2.05, 4.69) is 5.32 Å². The Morgan fingerprint density at radius 1 is 0.857 bits per heavy atom. The van der Waals surface area contributed by atoms with E-state index in [1.54, 1.807) is 61.3 Å². The Labute approximate surface area is 247 Å². The van der Waals surface area contributed by atoms with E-state index in [0.717, 1.165) is 30.5 Å². The van der Waals surface area contributed by atoms with Crippen LogP contribution < -0.4 is 20.7 Å². The predicted octanol–water partition coefficient (Wildman–Crippen LogP) is 5.58. The number of carbonyl (C=O) groups excluding carboxylic acids is 3. The highest BCUT2D eigenvalue weighted by molar-refractivity contribution is 6.08. The fourth-order valence-corrected chi connectivity index (χ4v) is 4.27. The molecule has 9 heteroatoms.